The normalized spacial score (nSPS) is 11.6. The fourth-order valence-electron chi connectivity index (χ4n) is 0.889. The van der Waals surface area contributed by atoms with E-state index < -0.39 is 18.4 Å². The first-order valence-electron chi connectivity index (χ1n) is 5.44. The summed E-state index contributed by atoms with van der Waals surface area (Å²) in [5, 5.41) is 15.8. The minimum Gasteiger partial charge on any atom is -0.480 e. The van der Waals surface area contributed by atoms with E-state index in [-0.39, 0.29) is 25.0 Å². The summed E-state index contributed by atoms with van der Waals surface area (Å²) in [6.07, 6.45) is 0.909. The van der Waals surface area contributed by atoms with Gasteiger partial charge < -0.3 is 21.1 Å². The quantitative estimate of drug-likeness (QED) is 0.425. The molecular weight excluding hydrogens is 226 g/mol. The van der Waals surface area contributed by atoms with Gasteiger partial charge in [-0.2, -0.15) is 0 Å². The highest BCUT2D eigenvalue weighted by molar-refractivity contribution is 5.87. The summed E-state index contributed by atoms with van der Waals surface area (Å²) < 4.78 is 0. The molecule has 0 bridgehead atoms. The van der Waals surface area contributed by atoms with Crippen molar-refractivity contribution in [2.75, 3.05) is 19.6 Å². The smallest absolute Gasteiger partial charge is 0.322 e. The zero-order valence-electron chi connectivity index (χ0n) is 10.1. The largest absolute Gasteiger partial charge is 0.480 e. The van der Waals surface area contributed by atoms with Crippen molar-refractivity contribution in [2.24, 2.45) is 0 Å². The van der Waals surface area contributed by atoms with Crippen molar-refractivity contribution in [2.45, 2.75) is 26.3 Å². The van der Waals surface area contributed by atoms with Crippen LogP contribution < -0.4 is 16.0 Å². The Morgan fingerprint density at radius 2 is 1.59 bits per heavy atom. The number of hydrogen-bond donors (Lipinski definition) is 4. The molecule has 7 heteroatoms. The molecule has 1 unspecified atom stereocenters. The lowest BCUT2D eigenvalue weighted by Crippen LogP contribution is -2.43. The van der Waals surface area contributed by atoms with Crippen molar-refractivity contribution in [1.82, 2.24) is 16.0 Å². The fraction of sp³-hybridized carbons (Fsp3) is 0.700. The predicted octanol–water partition coefficient (Wildman–Crippen LogP) is -1.31. The third kappa shape index (κ3) is 9.31. The van der Waals surface area contributed by atoms with Crippen LogP contribution in [0.5, 0.6) is 0 Å². The number of nitrogens with one attached hydrogen (secondary N) is 3. The van der Waals surface area contributed by atoms with Crippen LogP contribution >= 0.6 is 0 Å². The Kier molecular flexibility index (Phi) is 7.70. The number of carboxylic acids is 1. The van der Waals surface area contributed by atoms with Gasteiger partial charge in [0.25, 0.3) is 0 Å². The Hall–Kier alpha value is -1.63. The summed E-state index contributed by atoms with van der Waals surface area (Å²) in [7, 11) is 0. The average Bonchev–Trinajstić information content (AvgIpc) is 2.30. The lowest BCUT2D eigenvalue weighted by atomic mass is 10.2. The Bertz CT molecular complexity index is 281. The zero-order chi connectivity index (χ0) is 13.3. The summed E-state index contributed by atoms with van der Waals surface area (Å²) in [5.41, 5.74) is 0. The van der Waals surface area contributed by atoms with E-state index in [1.807, 2.05) is 13.8 Å². The molecule has 0 aliphatic heterocycles. The SMILES string of the molecule is CCC(C)NCC(=O)NCC(=O)NCC(=O)O. The highest BCUT2D eigenvalue weighted by Gasteiger charge is 2.07. The van der Waals surface area contributed by atoms with Gasteiger partial charge >= 0.3 is 5.97 Å². The molecule has 0 rings (SSSR count). The summed E-state index contributed by atoms with van der Waals surface area (Å²) >= 11 is 0. The second-order valence-corrected chi connectivity index (χ2v) is 3.64. The third-order valence-corrected chi connectivity index (χ3v) is 2.11. The fourth-order valence-corrected chi connectivity index (χ4v) is 0.889. The Labute approximate surface area is 100.0 Å². The highest BCUT2D eigenvalue weighted by atomic mass is 16.4. The van der Waals surface area contributed by atoms with Gasteiger partial charge in [-0.15, -0.1) is 0 Å². The number of carbonyl (C=O) groups is 3. The molecule has 0 aromatic carbocycles. The van der Waals surface area contributed by atoms with Crippen molar-refractivity contribution in [3.8, 4) is 0 Å². The summed E-state index contributed by atoms with van der Waals surface area (Å²) in [6.45, 7) is 3.43. The van der Waals surface area contributed by atoms with E-state index in [2.05, 4.69) is 16.0 Å². The molecular formula is C10H19N3O4. The summed E-state index contributed by atoms with van der Waals surface area (Å²) in [5.74, 6) is -1.94. The number of hydrogen-bond acceptors (Lipinski definition) is 4. The van der Waals surface area contributed by atoms with E-state index >= 15 is 0 Å². The molecule has 0 saturated carbocycles. The molecule has 0 aliphatic carbocycles. The van der Waals surface area contributed by atoms with Crippen molar-refractivity contribution >= 4 is 17.8 Å². The monoisotopic (exact) mass is 245 g/mol. The van der Waals surface area contributed by atoms with Gasteiger partial charge in [0.2, 0.25) is 11.8 Å². The van der Waals surface area contributed by atoms with Crippen LogP contribution in [0.15, 0.2) is 0 Å². The maximum absolute atomic E-state index is 11.2. The number of carboxylic acid groups (broad SMARTS) is 1. The first-order valence-corrected chi connectivity index (χ1v) is 5.44. The predicted molar refractivity (Wildman–Crippen MR) is 61.4 cm³/mol. The van der Waals surface area contributed by atoms with Gasteiger partial charge in [-0.3, -0.25) is 14.4 Å². The first kappa shape index (κ1) is 15.4. The van der Waals surface area contributed by atoms with Gasteiger partial charge in [0, 0.05) is 6.04 Å². The number of rotatable bonds is 8. The highest BCUT2D eigenvalue weighted by Crippen LogP contribution is 1.85. The minimum atomic E-state index is -1.12. The molecule has 0 aliphatic rings. The molecule has 0 spiro atoms. The third-order valence-electron chi connectivity index (χ3n) is 2.11. The topological polar surface area (TPSA) is 108 Å². The molecule has 2 amide bonds. The Morgan fingerprint density at radius 3 is 2.12 bits per heavy atom. The maximum Gasteiger partial charge on any atom is 0.322 e. The van der Waals surface area contributed by atoms with Crippen LogP contribution in [0.4, 0.5) is 0 Å². The van der Waals surface area contributed by atoms with E-state index in [4.69, 9.17) is 5.11 Å². The van der Waals surface area contributed by atoms with Gasteiger partial charge in [0.1, 0.15) is 6.54 Å². The molecule has 0 aromatic heterocycles. The van der Waals surface area contributed by atoms with Crippen LogP contribution in [0, 0.1) is 0 Å². The molecule has 0 radical (unpaired) electrons. The van der Waals surface area contributed by atoms with E-state index in [1.54, 1.807) is 0 Å². The van der Waals surface area contributed by atoms with Crippen LogP contribution in [0.1, 0.15) is 20.3 Å². The molecule has 4 N–H and O–H groups in total. The maximum atomic E-state index is 11.2. The van der Waals surface area contributed by atoms with Gasteiger partial charge in [0.15, 0.2) is 0 Å². The minimum absolute atomic E-state index is 0.140. The van der Waals surface area contributed by atoms with Crippen LogP contribution in [-0.2, 0) is 14.4 Å². The van der Waals surface area contributed by atoms with Crippen LogP contribution in [-0.4, -0.2) is 48.6 Å². The summed E-state index contributed by atoms with van der Waals surface area (Å²) in [4.78, 5) is 32.4. The van der Waals surface area contributed by atoms with E-state index in [0.717, 1.165) is 6.42 Å². The van der Waals surface area contributed by atoms with Crippen molar-refractivity contribution < 1.29 is 19.5 Å². The van der Waals surface area contributed by atoms with E-state index in [0.29, 0.717) is 0 Å². The number of carbonyl (C=O) groups excluding carboxylic acids is 2. The second-order valence-electron chi connectivity index (χ2n) is 3.64. The lowest BCUT2D eigenvalue weighted by molar-refractivity contribution is -0.137. The van der Waals surface area contributed by atoms with Crippen LogP contribution in [0.25, 0.3) is 0 Å². The van der Waals surface area contributed by atoms with Crippen molar-refractivity contribution in [3.63, 3.8) is 0 Å². The van der Waals surface area contributed by atoms with Gasteiger partial charge in [-0.05, 0) is 13.3 Å². The van der Waals surface area contributed by atoms with Crippen LogP contribution in [0.3, 0.4) is 0 Å². The van der Waals surface area contributed by atoms with E-state index in [9.17, 15) is 14.4 Å². The molecule has 1 atom stereocenters. The molecule has 0 saturated heterocycles. The Balaban J connectivity index is 3.62. The molecule has 7 nitrogen and oxygen atoms in total. The molecule has 98 valence electrons. The van der Waals surface area contributed by atoms with Crippen LogP contribution in [0.2, 0.25) is 0 Å². The standard InChI is InChI=1S/C10H19N3O4/c1-3-7(2)11-4-8(14)12-5-9(15)13-6-10(16)17/h7,11H,3-6H2,1-2H3,(H,12,14)(H,13,15)(H,16,17). The number of aliphatic carboxylic acids is 1. The van der Waals surface area contributed by atoms with Gasteiger partial charge in [0.05, 0.1) is 13.1 Å². The Morgan fingerprint density at radius 1 is 1.06 bits per heavy atom. The van der Waals surface area contributed by atoms with E-state index in [1.165, 1.54) is 0 Å². The van der Waals surface area contributed by atoms with Crippen molar-refractivity contribution in [3.05, 3.63) is 0 Å². The average molecular weight is 245 g/mol. The van der Waals surface area contributed by atoms with Crippen molar-refractivity contribution in [1.29, 1.82) is 0 Å². The molecule has 17 heavy (non-hydrogen) atoms. The molecule has 0 fully saturated rings. The van der Waals surface area contributed by atoms with Gasteiger partial charge in [-0.1, -0.05) is 6.92 Å². The van der Waals surface area contributed by atoms with Gasteiger partial charge in [-0.25, -0.2) is 0 Å². The summed E-state index contributed by atoms with van der Waals surface area (Å²) in [6, 6.07) is 0.238. The first-order chi connectivity index (χ1) is 7.95. The number of amides is 2. The molecule has 0 heterocycles. The second kappa shape index (κ2) is 8.51. The molecule has 0 aromatic rings. The zero-order valence-corrected chi connectivity index (χ0v) is 10.1. The lowest BCUT2D eigenvalue weighted by Gasteiger charge is -2.11.